The van der Waals surface area contributed by atoms with Gasteiger partial charge < -0.3 is 15.2 Å². The van der Waals surface area contributed by atoms with Crippen molar-refractivity contribution < 1.29 is 9.84 Å². The molecular weight excluding hydrogens is 214 g/mol. The molecule has 1 aliphatic heterocycles. The van der Waals surface area contributed by atoms with Crippen LogP contribution in [0.3, 0.4) is 0 Å². The molecule has 17 heavy (non-hydrogen) atoms. The molecule has 0 radical (unpaired) electrons. The minimum atomic E-state index is 0.0981. The van der Waals surface area contributed by atoms with Gasteiger partial charge in [0, 0.05) is 18.3 Å². The number of aliphatic hydroxyl groups excluding tert-OH is 1. The zero-order chi connectivity index (χ0) is 12.1. The van der Waals surface area contributed by atoms with Crippen LogP contribution in [-0.2, 0) is 11.3 Å². The van der Waals surface area contributed by atoms with E-state index in [2.05, 4.69) is 18.3 Å². The molecule has 1 saturated heterocycles. The SMILES string of the molecule is CCC1CC(Nc2cccc(CO)c2)CCO1. The van der Waals surface area contributed by atoms with E-state index in [-0.39, 0.29) is 6.61 Å². The van der Waals surface area contributed by atoms with Crippen LogP contribution in [0.2, 0.25) is 0 Å². The average molecular weight is 235 g/mol. The molecule has 3 heteroatoms. The highest BCUT2D eigenvalue weighted by molar-refractivity contribution is 5.46. The standard InChI is InChI=1S/C14H21NO2/c1-2-14-9-13(6-7-17-14)15-12-5-3-4-11(8-12)10-16/h3-5,8,13-16H,2,6-7,9-10H2,1H3. The molecule has 3 nitrogen and oxygen atoms in total. The van der Waals surface area contributed by atoms with E-state index < -0.39 is 0 Å². The molecular formula is C14H21NO2. The highest BCUT2D eigenvalue weighted by Gasteiger charge is 2.20. The van der Waals surface area contributed by atoms with Gasteiger partial charge in [-0.15, -0.1) is 0 Å². The maximum absolute atomic E-state index is 9.10. The van der Waals surface area contributed by atoms with Gasteiger partial charge in [-0.05, 0) is 37.0 Å². The first kappa shape index (κ1) is 12.4. The van der Waals surface area contributed by atoms with E-state index in [9.17, 15) is 0 Å². The van der Waals surface area contributed by atoms with E-state index >= 15 is 0 Å². The summed E-state index contributed by atoms with van der Waals surface area (Å²) < 4.78 is 5.66. The Kier molecular flexibility index (Phi) is 4.40. The monoisotopic (exact) mass is 235 g/mol. The van der Waals surface area contributed by atoms with Crippen molar-refractivity contribution >= 4 is 5.69 Å². The lowest BCUT2D eigenvalue weighted by atomic mass is 10.0. The number of hydrogen-bond donors (Lipinski definition) is 2. The summed E-state index contributed by atoms with van der Waals surface area (Å²) in [6, 6.07) is 8.46. The molecule has 1 aromatic rings. The largest absolute Gasteiger partial charge is 0.392 e. The minimum absolute atomic E-state index is 0.0981. The van der Waals surface area contributed by atoms with E-state index in [1.54, 1.807) is 0 Å². The van der Waals surface area contributed by atoms with Gasteiger partial charge in [-0.3, -0.25) is 0 Å². The quantitative estimate of drug-likeness (QED) is 0.842. The van der Waals surface area contributed by atoms with E-state index in [1.165, 1.54) is 0 Å². The molecule has 1 heterocycles. The van der Waals surface area contributed by atoms with Crippen LogP contribution >= 0.6 is 0 Å². The third-order valence-electron chi connectivity index (χ3n) is 3.30. The van der Waals surface area contributed by atoms with Crippen LogP contribution in [0.1, 0.15) is 31.7 Å². The van der Waals surface area contributed by atoms with E-state index in [1.807, 2.05) is 18.2 Å². The Morgan fingerprint density at radius 1 is 1.47 bits per heavy atom. The van der Waals surface area contributed by atoms with Crippen molar-refractivity contribution in [1.29, 1.82) is 0 Å². The number of benzene rings is 1. The Labute approximate surface area is 103 Å². The number of nitrogens with one attached hydrogen (secondary N) is 1. The molecule has 0 aliphatic carbocycles. The summed E-state index contributed by atoms with van der Waals surface area (Å²) in [6.45, 7) is 3.11. The summed E-state index contributed by atoms with van der Waals surface area (Å²) in [5.41, 5.74) is 2.05. The van der Waals surface area contributed by atoms with Gasteiger partial charge in [-0.1, -0.05) is 19.1 Å². The van der Waals surface area contributed by atoms with E-state index in [0.717, 1.165) is 37.1 Å². The summed E-state index contributed by atoms with van der Waals surface area (Å²) in [4.78, 5) is 0. The van der Waals surface area contributed by atoms with Gasteiger partial charge in [0.1, 0.15) is 0 Å². The molecule has 94 valence electrons. The van der Waals surface area contributed by atoms with Gasteiger partial charge in [0.2, 0.25) is 0 Å². The molecule has 2 N–H and O–H groups in total. The van der Waals surface area contributed by atoms with Crippen LogP contribution in [-0.4, -0.2) is 23.9 Å². The smallest absolute Gasteiger partial charge is 0.0682 e. The van der Waals surface area contributed by atoms with Crippen LogP contribution in [0.4, 0.5) is 5.69 Å². The van der Waals surface area contributed by atoms with Crippen molar-refractivity contribution in [2.45, 2.75) is 44.9 Å². The van der Waals surface area contributed by atoms with Gasteiger partial charge in [-0.25, -0.2) is 0 Å². The number of ether oxygens (including phenoxy) is 1. The molecule has 0 aromatic heterocycles. The molecule has 1 aliphatic rings. The van der Waals surface area contributed by atoms with Crippen LogP contribution < -0.4 is 5.32 Å². The van der Waals surface area contributed by atoms with Gasteiger partial charge in [0.25, 0.3) is 0 Å². The van der Waals surface area contributed by atoms with Gasteiger partial charge >= 0.3 is 0 Å². The second kappa shape index (κ2) is 6.03. The first-order valence-corrected chi connectivity index (χ1v) is 6.39. The van der Waals surface area contributed by atoms with Crippen molar-refractivity contribution in [2.24, 2.45) is 0 Å². The zero-order valence-corrected chi connectivity index (χ0v) is 10.4. The second-order valence-electron chi connectivity index (χ2n) is 4.63. The number of rotatable bonds is 4. The Hall–Kier alpha value is -1.06. The molecule has 0 saturated carbocycles. The maximum atomic E-state index is 9.10. The Morgan fingerprint density at radius 2 is 2.35 bits per heavy atom. The number of anilines is 1. The highest BCUT2D eigenvalue weighted by atomic mass is 16.5. The molecule has 2 rings (SSSR count). The van der Waals surface area contributed by atoms with E-state index in [4.69, 9.17) is 9.84 Å². The van der Waals surface area contributed by atoms with Crippen molar-refractivity contribution in [1.82, 2.24) is 0 Å². The molecule has 0 bridgehead atoms. The Bertz CT molecular complexity index is 354. The molecule has 0 amide bonds. The summed E-state index contributed by atoms with van der Waals surface area (Å²) in [6.07, 6.45) is 3.59. The van der Waals surface area contributed by atoms with Crippen molar-refractivity contribution in [3.63, 3.8) is 0 Å². The summed E-state index contributed by atoms with van der Waals surface area (Å²) >= 11 is 0. The summed E-state index contributed by atoms with van der Waals surface area (Å²) in [5, 5.41) is 12.6. The third-order valence-corrected chi connectivity index (χ3v) is 3.30. The van der Waals surface area contributed by atoms with Gasteiger partial charge in [0.05, 0.1) is 12.7 Å². The van der Waals surface area contributed by atoms with Crippen molar-refractivity contribution in [3.8, 4) is 0 Å². The lowest BCUT2D eigenvalue weighted by Crippen LogP contribution is -2.33. The Balaban J connectivity index is 1.95. The third kappa shape index (κ3) is 3.45. The predicted octanol–water partition coefficient (Wildman–Crippen LogP) is 2.55. The highest BCUT2D eigenvalue weighted by Crippen LogP contribution is 2.21. The second-order valence-corrected chi connectivity index (χ2v) is 4.63. The van der Waals surface area contributed by atoms with E-state index in [0.29, 0.717) is 12.1 Å². The summed E-state index contributed by atoms with van der Waals surface area (Å²) in [5.74, 6) is 0. The van der Waals surface area contributed by atoms with Crippen LogP contribution in [0.15, 0.2) is 24.3 Å². The average Bonchev–Trinajstić information content (AvgIpc) is 2.39. The normalized spacial score (nSPS) is 24.6. The predicted molar refractivity (Wildman–Crippen MR) is 69.0 cm³/mol. The zero-order valence-electron chi connectivity index (χ0n) is 10.4. The minimum Gasteiger partial charge on any atom is -0.392 e. The molecule has 0 spiro atoms. The maximum Gasteiger partial charge on any atom is 0.0682 e. The molecule has 2 unspecified atom stereocenters. The lowest BCUT2D eigenvalue weighted by Gasteiger charge is -2.30. The van der Waals surface area contributed by atoms with Crippen LogP contribution in [0, 0.1) is 0 Å². The molecule has 1 fully saturated rings. The fourth-order valence-corrected chi connectivity index (χ4v) is 2.29. The fraction of sp³-hybridized carbons (Fsp3) is 0.571. The lowest BCUT2D eigenvalue weighted by molar-refractivity contribution is 0.00925. The van der Waals surface area contributed by atoms with Gasteiger partial charge in [0.15, 0.2) is 0 Å². The van der Waals surface area contributed by atoms with Crippen molar-refractivity contribution in [3.05, 3.63) is 29.8 Å². The van der Waals surface area contributed by atoms with Crippen LogP contribution in [0.5, 0.6) is 0 Å². The topological polar surface area (TPSA) is 41.5 Å². The fourth-order valence-electron chi connectivity index (χ4n) is 2.29. The summed E-state index contributed by atoms with van der Waals surface area (Å²) in [7, 11) is 0. The number of aliphatic hydroxyl groups is 1. The number of hydrogen-bond acceptors (Lipinski definition) is 3. The van der Waals surface area contributed by atoms with Crippen molar-refractivity contribution in [2.75, 3.05) is 11.9 Å². The van der Waals surface area contributed by atoms with Gasteiger partial charge in [-0.2, -0.15) is 0 Å². The Morgan fingerprint density at radius 3 is 3.12 bits per heavy atom. The first-order valence-electron chi connectivity index (χ1n) is 6.39. The molecule has 1 aromatic carbocycles. The van der Waals surface area contributed by atoms with Crippen LogP contribution in [0.25, 0.3) is 0 Å². The molecule has 2 atom stereocenters. The first-order chi connectivity index (χ1) is 8.31.